The number of carbonyl (C=O) groups excluding carboxylic acids is 2. The van der Waals surface area contributed by atoms with Crippen LogP contribution in [-0.4, -0.2) is 50.6 Å². The molecular weight excluding hydrogens is 320 g/mol. The highest BCUT2D eigenvalue weighted by molar-refractivity contribution is 6.04. The molecule has 0 radical (unpaired) electrons. The Hall–Kier alpha value is -3.02. The second-order valence-corrected chi connectivity index (χ2v) is 5.65. The molecule has 3 rings (SSSR count). The SMILES string of the molecule is COc1cccc(OC)c1C(=O)N1CCN(c2ccccc2)C(=O)C1. The van der Waals surface area contributed by atoms with E-state index in [2.05, 4.69) is 0 Å². The molecule has 2 aromatic rings. The molecule has 2 amide bonds. The highest BCUT2D eigenvalue weighted by Gasteiger charge is 2.31. The Kier molecular flexibility index (Phi) is 4.88. The number of para-hydroxylation sites is 1. The molecule has 0 aliphatic carbocycles. The number of rotatable bonds is 4. The zero-order valence-electron chi connectivity index (χ0n) is 14.3. The van der Waals surface area contributed by atoms with Crippen molar-refractivity contribution >= 4 is 17.5 Å². The molecule has 0 N–H and O–H groups in total. The lowest BCUT2D eigenvalue weighted by Gasteiger charge is -2.34. The third-order valence-corrected chi connectivity index (χ3v) is 4.22. The maximum absolute atomic E-state index is 12.9. The van der Waals surface area contributed by atoms with Crippen LogP contribution < -0.4 is 14.4 Å². The Bertz CT molecular complexity index is 754. The summed E-state index contributed by atoms with van der Waals surface area (Å²) in [5.41, 5.74) is 1.18. The summed E-state index contributed by atoms with van der Waals surface area (Å²) in [7, 11) is 3.01. The van der Waals surface area contributed by atoms with Gasteiger partial charge in [0.05, 0.1) is 14.2 Å². The number of benzene rings is 2. The lowest BCUT2D eigenvalue weighted by atomic mass is 10.1. The minimum Gasteiger partial charge on any atom is -0.496 e. The fourth-order valence-corrected chi connectivity index (χ4v) is 2.95. The number of piperazine rings is 1. The molecule has 25 heavy (non-hydrogen) atoms. The number of hydrogen-bond donors (Lipinski definition) is 0. The van der Waals surface area contributed by atoms with E-state index >= 15 is 0 Å². The standard InChI is InChI=1S/C19H20N2O4/c1-24-15-9-6-10-16(25-2)18(15)19(23)20-11-12-21(17(22)13-20)14-7-4-3-5-8-14/h3-10H,11-13H2,1-2H3. The second kappa shape index (κ2) is 7.25. The maximum Gasteiger partial charge on any atom is 0.261 e. The average molecular weight is 340 g/mol. The van der Waals surface area contributed by atoms with E-state index in [0.717, 1.165) is 5.69 Å². The van der Waals surface area contributed by atoms with Crippen LogP contribution in [0.3, 0.4) is 0 Å². The van der Waals surface area contributed by atoms with Crippen molar-refractivity contribution in [3.63, 3.8) is 0 Å². The maximum atomic E-state index is 12.9. The van der Waals surface area contributed by atoms with Crippen LogP contribution in [0.25, 0.3) is 0 Å². The predicted octanol–water partition coefficient (Wildman–Crippen LogP) is 2.19. The van der Waals surface area contributed by atoms with Crippen molar-refractivity contribution in [3.8, 4) is 11.5 Å². The molecule has 0 aromatic heterocycles. The van der Waals surface area contributed by atoms with Gasteiger partial charge in [0.2, 0.25) is 5.91 Å². The van der Waals surface area contributed by atoms with Crippen molar-refractivity contribution in [2.45, 2.75) is 0 Å². The summed E-state index contributed by atoms with van der Waals surface area (Å²) in [5, 5.41) is 0. The Morgan fingerprint density at radius 1 is 0.920 bits per heavy atom. The van der Waals surface area contributed by atoms with Gasteiger partial charge in [-0.15, -0.1) is 0 Å². The lowest BCUT2D eigenvalue weighted by molar-refractivity contribution is -0.120. The number of ether oxygens (including phenoxy) is 2. The first kappa shape index (κ1) is 16.8. The topological polar surface area (TPSA) is 59.1 Å². The van der Waals surface area contributed by atoms with Gasteiger partial charge in [0.1, 0.15) is 23.6 Å². The van der Waals surface area contributed by atoms with E-state index in [1.165, 1.54) is 19.1 Å². The van der Waals surface area contributed by atoms with E-state index in [1.54, 1.807) is 23.1 Å². The van der Waals surface area contributed by atoms with Gasteiger partial charge < -0.3 is 19.3 Å². The van der Waals surface area contributed by atoms with Crippen LogP contribution in [0.1, 0.15) is 10.4 Å². The van der Waals surface area contributed by atoms with Crippen molar-refractivity contribution in [2.75, 3.05) is 38.8 Å². The van der Waals surface area contributed by atoms with Crippen molar-refractivity contribution in [3.05, 3.63) is 54.1 Å². The fourth-order valence-electron chi connectivity index (χ4n) is 2.95. The fraction of sp³-hybridized carbons (Fsp3) is 0.263. The van der Waals surface area contributed by atoms with E-state index in [4.69, 9.17) is 9.47 Å². The number of anilines is 1. The number of nitrogens with zero attached hydrogens (tertiary/aromatic N) is 2. The normalized spacial score (nSPS) is 14.4. The molecule has 6 heteroatoms. The molecule has 1 saturated heterocycles. The molecule has 0 saturated carbocycles. The van der Waals surface area contributed by atoms with Gasteiger partial charge >= 0.3 is 0 Å². The number of amides is 2. The summed E-state index contributed by atoms with van der Waals surface area (Å²) in [4.78, 5) is 28.7. The van der Waals surface area contributed by atoms with E-state index < -0.39 is 0 Å². The Morgan fingerprint density at radius 2 is 1.56 bits per heavy atom. The molecule has 1 aliphatic heterocycles. The van der Waals surface area contributed by atoms with E-state index in [1.807, 2.05) is 30.3 Å². The number of hydrogen-bond acceptors (Lipinski definition) is 4. The molecule has 1 fully saturated rings. The summed E-state index contributed by atoms with van der Waals surface area (Å²) in [5.74, 6) is 0.486. The van der Waals surface area contributed by atoms with Crippen LogP contribution in [-0.2, 0) is 4.79 Å². The molecule has 1 heterocycles. The number of carbonyl (C=O) groups is 2. The van der Waals surface area contributed by atoms with Crippen molar-refractivity contribution in [1.82, 2.24) is 4.90 Å². The first-order valence-electron chi connectivity index (χ1n) is 8.01. The first-order chi connectivity index (χ1) is 12.2. The zero-order valence-corrected chi connectivity index (χ0v) is 14.3. The molecular formula is C19H20N2O4. The monoisotopic (exact) mass is 340 g/mol. The highest BCUT2D eigenvalue weighted by Crippen LogP contribution is 2.30. The quantitative estimate of drug-likeness (QED) is 0.856. The Morgan fingerprint density at radius 3 is 2.12 bits per heavy atom. The Balaban J connectivity index is 1.81. The summed E-state index contributed by atoms with van der Waals surface area (Å²) in [6.45, 7) is 0.918. The summed E-state index contributed by atoms with van der Waals surface area (Å²) >= 11 is 0. The van der Waals surface area contributed by atoms with E-state index in [0.29, 0.717) is 30.2 Å². The van der Waals surface area contributed by atoms with Gasteiger partial charge in [-0.1, -0.05) is 24.3 Å². The van der Waals surface area contributed by atoms with E-state index in [-0.39, 0.29) is 18.4 Å². The molecule has 2 aromatic carbocycles. The highest BCUT2D eigenvalue weighted by atomic mass is 16.5. The van der Waals surface area contributed by atoms with Gasteiger partial charge in [0, 0.05) is 18.8 Å². The van der Waals surface area contributed by atoms with Crippen LogP contribution in [0, 0.1) is 0 Å². The third kappa shape index (κ3) is 3.28. The number of methoxy groups -OCH3 is 2. The predicted molar refractivity (Wildman–Crippen MR) is 94.2 cm³/mol. The van der Waals surface area contributed by atoms with Crippen LogP contribution in [0.5, 0.6) is 11.5 Å². The minimum atomic E-state index is -0.268. The molecule has 0 atom stereocenters. The molecule has 1 aliphatic rings. The van der Waals surface area contributed by atoms with Gasteiger partial charge in [-0.05, 0) is 24.3 Å². The smallest absolute Gasteiger partial charge is 0.261 e. The second-order valence-electron chi connectivity index (χ2n) is 5.65. The first-order valence-corrected chi connectivity index (χ1v) is 8.01. The van der Waals surface area contributed by atoms with Crippen LogP contribution in [0.2, 0.25) is 0 Å². The van der Waals surface area contributed by atoms with Gasteiger partial charge in [0.25, 0.3) is 5.91 Å². The van der Waals surface area contributed by atoms with Gasteiger partial charge in [0.15, 0.2) is 0 Å². The summed E-state index contributed by atoms with van der Waals surface area (Å²) in [6.07, 6.45) is 0. The molecule has 6 nitrogen and oxygen atoms in total. The van der Waals surface area contributed by atoms with Gasteiger partial charge in [-0.3, -0.25) is 9.59 Å². The summed E-state index contributed by atoms with van der Waals surface area (Å²) in [6, 6.07) is 14.6. The van der Waals surface area contributed by atoms with Crippen molar-refractivity contribution in [2.24, 2.45) is 0 Å². The third-order valence-electron chi connectivity index (χ3n) is 4.22. The minimum absolute atomic E-state index is 0.0227. The van der Waals surface area contributed by atoms with Gasteiger partial charge in [-0.25, -0.2) is 0 Å². The van der Waals surface area contributed by atoms with Crippen molar-refractivity contribution < 1.29 is 19.1 Å². The van der Waals surface area contributed by atoms with E-state index in [9.17, 15) is 9.59 Å². The van der Waals surface area contributed by atoms with Gasteiger partial charge in [-0.2, -0.15) is 0 Å². The summed E-state index contributed by atoms with van der Waals surface area (Å²) < 4.78 is 10.6. The molecule has 0 spiro atoms. The van der Waals surface area contributed by atoms with Crippen LogP contribution >= 0.6 is 0 Å². The molecule has 130 valence electrons. The van der Waals surface area contributed by atoms with Crippen molar-refractivity contribution in [1.29, 1.82) is 0 Å². The Labute approximate surface area is 146 Å². The molecule has 0 bridgehead atoms. The lowest BCUT2D eigenvalue weighted by Crippen LogP contribution is -2.52. The average Bonchev–Trinajstić information content (AvgIpc) is 2.67. The van der Waals surface area contributed by atoms with Crippen LogP contribution in [0.4, 0.5) is 5.69 Å². The molecule has 0 unspecified atom stereocenters. The zero-order chi connectivity index (χ0) is 17.8. The van der Waals surface area contributed by atoms with Crippen LogP contribution in [0.15, 0.2) is 48.5 Å². The largest absolute Gasteiger partial charge is 0.496 e.